The van der Waals surface area contributed by atoms with Gasteiger partial charge in [-0.25, -0.2) is 15.0 Å². The highest BCUT2D eigenvalue weighted by Crippen LogP contribution is 2.39. The Kier molecular flexibility index (Phi) is 10.5. The summed E-state index contributed by atoms with van der Waals surface area (Å²) in [6.07, 6.45) is 0. The molecule has 0 saturated carbocycles. The third-order valence-corrected chi connectivity index (χ3v) is 19.8. The summed E-state index contributed by atoms with van der Waals surface area (Å²) in [4.78, 5) is 15.3. The van der Waals surface area contributed by atoms with Gasteiger partial charge in [0, 0.05) is 33.0 Å². The quantitative estimate of drug-likeness (QED) is 0.135. The lowest BCUT2D eigenvalue weighted by Gasteiger charge is -2.32. The van der Waals surface area contributed by atoms with E-state index in [0.717, 1.165) is 22.4 Å². The van der Waals surface area contributed by atoms with Crippen LogP contribution in [0.3, 0.4) is 0 Å². The van der Waals surface area contributed by atoms with Crippen LogP contribution in [0.25, 0.3) is 106 Å². The molecule has 0 radical (unpaired) electrons. The zero-order valence-electron chi connectivity index (χ0n) is 40.3. The van der Waals surface area contributed by atoms with Crippen molar-refractivity contribution in [2.75, 3.05) is 0 Å². The first-order chi connectivity index (χ1) is 36.7. The maximum absolute atomic E-state index is 5.15. The number of rotatable bonds is 9. The molecule has 0 N–H and O–H groups in total. The van der Waals surface area contributed by atoms with E-state index in [1.807, 2.05) is 36.4 Å². The summed E-state index contributed by atoms with van der Waals surface area (Å²) >= 11 is 0. The Bertz CT molecular complexity index is 4070. The van der Waals surface area contributed by atoms with E-state index in [4.69, 9.17) is 15.0 Å². The van der Waals surface area contributed by atoms with E-state index in [2.05, 4.69) is 247 Å². The molecule has 0 fully saturated rings. The fourth-order valence-corrected chi connectivity index (χ4v) is 16.7. The minimum absolute atomic E-state index is 0.636. The van der Waals surface area contributed by atoms with Crippen LogP contribution in [0.1, 0.15) is 0 Å². The molecule has 4 nitrogen and oxygen atoms in total. The van der Waals surface area contributed by atoms with E-state index in [0.29, 0.717) is 17.5 Å². The molecule has 1 aliphatic heterocycles. The lowest BCUT2D eigenvalue weighted by atomic mass is 9.96. The summed E-state index contributed by atoms with van der Waals surface area (Å²) in [6.45, 7) is 0. The van der Waals surface area contributed by atoms with E-state index < -0.39 is 8.07 Å². The van der Waals surface area contributed by atoms with Gasteiger partial charge in [-0.15, -0.1) is 0 Å². The van der Waals surface area contributed by atoms with Gasteiger partial charge in [-0.3, -0.25) is 0 Å². The van der Waals surface area contributed by atoms with Crippen LogP contribution in [0.15, 0.2) is 279 Å². The largest absolute Gasteiger partial charge is 0.309 e. The fourth-order valence-electron chi connectivity index (χ4n) is 11.5. The smallest absolute Gasteiger partial charge is 0.180 e. The number of hydrogen-bond acceptors (Lipinski definition) is 3. The molecule has 0 unspecified atom stereocenters. The normalized spacial score (nSPS) is 12.4. The average molecular weight is 959 g/mol. The number of hydrogen-bond donors (Lipinski definition) is 0. The molecule has 3 heterocycles. The second kappa shape index (κ2) is 17.9. The van der Waals surface area contributed by atoms with Crippen molar-refractivity contribution in [2.45, 2.75) is 0 Å². The van der Waals surface area contributed by atoms with Gasteiger partial charge in [0.25, 0.3) is 0 Å². The number of benzene rings is 11. The lowest BCUT2D eigenvalue weighted by Crippen LogP contribution is -2.72. The maximum atomic E-state index is 5.15. The first-order valence-electron chi connectivity index (χ1n) is 25.3. The molecule has 0 atom stereocenters. The van der Waals surface area contributed by atoms with Crippen LogP contribution in [-0.4, -0.2) is 27.6 Å². The van der Waals surface area contributed by atoms with Gasteiger partial charge in [0.15, 0.2) is 25.5 Å². The first kappa shape index (κ1) is 43.3. The molecule has 5 heteroatoms. The number of fused-ring (bicyclic) bond motifs is 6. The van der Waals surface area contributed by atoms with Crippen LogP contribution in [0.2, 0.25) is 0 Å². The van der Waals surface area contributed by atoms with Gasteiger partial charge >= 0.3 is 0 Å². The number of nitrogens with zero attached hydrogens (tertiary/aromatic N) is 4. The third-order valence-electron chi connectivity index (χ3n) is 15.0. The molecular formula is C69H46N4Si. The van der Waals surface area contributed by atoms with Crippen LogP contribution < -0.4 is 20.7 Å². The fraction of sp³-hybridized carbons (Fsp3) is 0. The SMILES string of the molecule is c1ccc(-c2ccc3c(c2)-c2cc(-c4ccccc4)ccc2[Si]3(c2ccc(-c3nc(-c4ccccc4)nc(-c4ccccc4)n3)cc2)c2ccc3c(c2)c2ccccc2n3-c2ccccc2-c2ccccc2)cc1. The molecule has 14 rings (SSSR count). The molecular weight excluding hydrogens is 913 g/mol. The van der Waals surface area contributed by atoms with E-state index >= 15 is 0 Å². The summed E-state index contributed by atoms with van der Waals surface area (Å²) in [5.74, 6) is 1.92. The molecule has 1 aliphatic rings. The molecule has 13 aromatic rings. The van der Waals surface area contributed by atoms with Crippen molar-refractivity contribution < 1.29 is 0 Å². The predicted octanol–water partition coefficient (Wildman–Crippen LogP) is 14.3. The van der Waals surface area contributed by atoms with Crippen LogP contribution in [-0.2, 0) is 0 Å². The number of aromatic nitrogens is 4. The van der Waals surface area contributed by atoms with Crippen molar-refractivity contribution in [1.29, 1.82) is 0 Å². The summed E-state index contributed by atoms with van der Waals surface area (Å²) in [7, 11) is -3.13. The van der Waals surface area contributed by atoms with Crippen LogP contribution >= 0.6 is 0 Å². The molecule has 0 saturated heterocycles. The Labute approximate surface area is 431 Å². The summed E-state index contributed by atoms with van der Waals surface area (Å²) in [6, 6.07) is 102. The zero-order chi connectivity index (χ0) is 49.0. The Morgan fingerprint density at radius 3 is 1.20 bits per heavy atom. The third kappa shape index (κ3) is 7.16. The van der Waals surface area contributed by atoms with Crippen molar-refractivity contribution in [3.05, 3.63) is 279 Å². The second-order valence-corrected chi connectivity index (χ2v) is 22.8. The van der Waals surface area contributed by atoms with Gasteiger partial charge in [0.1, 0.15) is 0 Å². The van der Waals surface area contributed by atoms with Crippen molar-refractivity contribution in [1.82, 2.24) is 19.5 Å². The second-order valence-electron chi connectivity index (χ2n) is 19.1. The Balaban J connectivity index is 1.02. The van der Waals surface area contributed by atoms with Gasteiger partial charge in [-0.1, -0.05) is 249 Å². The van der Waals surface area contributed by atoms with Gasteiger partial charge in [0.05, 0.1) is 16.7 Å². The molecule has 346 valence electrons. The first-order valence-corrected chi connectivity index (χ1v) is 27.3. The van der Waals surface area contributed by atoms with Gasteiger partial charge < -0.3 is 4.57 Å². The predicted molar refractivity (Wildman–Crippen MR) is 309 cm³/mol. The standard InChI is InChI=1S/C69H46N4Si/c1-6-20-47(21-7-1)53-36-42-65-60(44-53)61-45-54(48-22-8-2-9-23-48)37-43-66(61)74(65,55-38-34-52(35-39-55)69-71-67(50-26-12-4-13-27-50)70-68(72-69)51-28-14-5-15-29-51)56-40-41-64-59(46-56)58-31-17-19-33-63(58)73(64)62-32-18-16-30-57(62)49-24-10-3-11-25-49/h1-46H. The van der Waals surface area contributed by atoms with Gasteiger partial charge in [-0.05, 0) is 90.0 Å². The van der Waals surface area contributed by atoms with E-state index in [9.17, 15) is 0 Å². The van der Waals surface area contributed by atoms with Gasteiger partial charge in [0.2, 0.25) is 0 Å². The van der Waals surface area contributed by atoms with Crippen molar-refractivity contribution in [3.8, 4) is 84.4 Å². The summed E-state index contributed by atoms with van der Waals surface area (Å²) < 4.78 is 2.47. The maximum Gasteiger partial charge on any atom is 0.180 e. The van der Waals surface area contributed by atoms with Crippen molar-refractivity contribution in [3.63, 3.8) is 0 Å². The molecule has 11 aromatic carbocycles. The minimum atomic E-state index is -3.13. The van der Waals surface area contributed by atoms with Gasteiger partial charge in [-0.2, -0.15) is 0 Å². The number of para-hydroxylation sites is 2. The van der Waals surface area contributed by atoms with Crippen molar-refractivity contribution in [2.24, 2.45) is 0 Å². The highest BCUT2D eigenvalue weighted by atomic mass is 28.3. The Morgan fingerprint density at radius 1 is 0.257 bits per heavy atom. The molecule has 0 bridgehead atoms. The molecule has 2 aromatic heterocycles. The lowest BCUT2D eigenvalue weighted by molar-refractivity contribution is 1.07. The van der Waals surface area contributed by atoms with E-state index in [-0.39, 0.29) is 0 Å². The highest BCUT2D eigenvalue weighted by molar-refractivity contribution is 7.22. The molecule has 0 aliphatic carbocycles. The van der Waals surface area contributed by atoms with Crippen molar-refractivity contribution >= 4 is 50.6 Å². The minimum Gasteiger partial charge on any atom is -0.309 e. The highest BCUT2D eigenvalue weighted by Gasteiger charge is 2.49. The summed E-state index contributed by atoms with van der Waals surface area (Å²) in [5.41, 5.74) is 16.1. The molecule has 0 spiro atoms. The Hall–Kier alpha value is -9.55. The molecule has 74 heavy (non-hydrogen) atoms. The topological polar surface area (TPSA) is 43.6 Å². The van der Waals surface area contributed by atoms with E-state index in [1.165, 1.54) is 87.1 Å². The van der Waals surface area contributed by atoms with Crippen LogP contribution in [0.4, 0.5) is 0 Å². The Morgan fingerprint density at radius 2 is 0.662 bits per heavy atom. The van der Waals surface area contributed by atoms with Crippen LogP contribution in [0.5, 0.6) is 0 Å². The van der Waals surface area contributed by atoms with Crippen LogP contribution in [0, 0.1) is 0 Å². The molecule has 0 amide bonds. The zero-order valence-corrected chi connectivity index (χ0v) is 41.3. The monoisotopic (exact) mass is 958 g/mol. The average Bonchev–Trinajstić information content (AvgIpc) is 3.99. The van der Waals surface area contributed by atoms with E-state index in [1.54, 1.807) is 0 Å². The summed E-state index contributed by atoms with van der Waals surface area (Å²) in [5, 5.41) is 7.82.